The first-order valence-electron chi connectivity index (χ1n) is 5.39. The molecular weight excluding hydrogens is 212 g/mol. The molecule has 86 valence electrons. The lowest BCUT2D eigenvalue weighted by Gasteiger charge is -2.00. The Morgan fingerprint density at radius 2 is 2.12 bits per heavy atom. The first-order valence-corrected chi connectivity index (χ1v) is 5.39. The van der Waals surface area contributed by atoms with Gasteiger partial charge in [0, 0.05) is 0 Å². The average molecular weight is 226 g/mol. The van der Waals surface area contributed by atoms with Crippen molar-refractivity contribution in [2.24, 2.45) is 0 Å². The summed E-state index contributed by atoms with van der Waals surface area (Å²) >= 11 is 0. The molecule has 17 heavy (non-hydrogen) atoms. The molecule has 2 nitrogen and oxygen atoms in total. The lowest BCUT2D eigenvalue weighted by atomic mass is 10.2. The third kappa shape index (κ3) is 4.42. The summed E-state index contributed by atoms with van der Waals surface area (Å²) in [6, 6.07) is 9.66. The highest BCUT2D eigenvalue weighted by Gasteiger charge is 2.06. The van der Waals surface area contributed by atoms with Crippen LogP contribution in [0.25, 0.3) is 6.08 Å². The second-order valence-electron chi connectivity index (χ2n) is 3.31. The van der Waals surface area contributed by atoms with Crippen molar-refractivity contribution >= 4 is 12.0 Å². The zero-order valence-corrected chi connectivity index (χ0v) is 9.77. The molecule has 0 radical (unpaired) electrons. The largest absolute Gasteiger partial charge is 0.449 e. The quantitative estimate of drug-likeness (QED) is 0.341. The SMILES string of the molecule is C#CCOC(=O)C(=C=Cc1ccccc1)CC. The number of hydrogen-bond donors (Lipinski definition) is 0. The van der Waals surface area contributed by atoms with E-state index >= 15 is 0 Å². The Balaban J connectivity index is 2.83. The molecule has 0 saturated heterocycles. The van der Waals surface area contributed by atoms with Crippen LogP contribution in [-0.2, 0) is 9.53 Å². The monoisotopic (exact) mass is 226 g/mol. The summed E-state index contributed by atoms with van der Waals surface area (Å²) in [5, 5.41) is 0. The van der Waals surface area contributed by atoms with Gasteiger partial charge in [-0.2, -0.15) is 0 Å². The number of carbonyl (C=O) groups is 1. The minimum Gasteiger partial charge on any atom is -0.449 e. The van der Waals surface area contributed by atoms with E-state index < -0.39 is 5.97 Å². The van der Waals surface area contributed by atoms with Gasteiger partial charge in [-0.1, -0.05) is 43.2 Å². The predicted molar refractivity (Wildman–Crippen MR) is 68.0 cm³/mol. The molecular formula is C15H14O2. The maximum absolute atomic E-state index is 11.5. The number of terminal acetylenes is 1. The molecule has 0 heterocycles. The highest BCUT2D eigenvalue weighted by molar-refractivity contribution is 5.88. The molecule has 0 atom stereocenters. The van der Waals surface area contributed by atoms with E-state index in [1.165, 1.54) is 0 Å². The van der Waals surface area contributed by atoms with Crippen LogP contribution in [0.1, 0.15) is 18.9 Å². The summed E-state index contributed by atoms with van der Waals surface area (Å²) in [7, 11) is 0. The minimum atomic E-state index is -0.405. The van der Waals surface area contributed by atoms with Gasteiger partial charge in [0.15, 0.2) is 6.61 Å². The molecule has 0 unspecified atom stereocenters. The van der Waals surface area contributed by atoms with Gasteiger partial charge in [-0.25, -0.2) is 4.79 Å². The van der Waals surface area contributed by atoms with Crippen LogP contribution in [0.5, 0.6) is 0 Å². The molecule has 1 rings (SSSR count). The van der Waals surface area contributed by atoms with Gasteiger partial charge < -0.3 is 4.74 Å². The summed E-state index contributed by atoms with van der Waals surface area (Å²) < 4.78 is 4.84. The van der Waals surface area contributed by atoms with Crippen molar-refractivity contribution in [1.82, 2.24) is 0 Å². The highest BCUT2D eigenvalue weighted by atomic mass is 16.5. The van der Waals surface area contributed by atoms with Crippen molar-refractivity contribution in [3.63, 3.8) is 0 Å². The van der Waals surface area contributed by atoms with E-state index in [1.807, 2.05) is 37.3 Å². The van der Waals surface area contributed by atoms with Crippen LogP contribution in [0.15, 0.2) is 41.6 Å². The fraction of sp³-hybridized carbons (Fsp3) is 0.200. The van der Waals surface area contributed by atoms with Crippen LogP contribution in [0.3, 0.4) is 0 Å². The lowest BCUT2D eigenvalue weighted by molar-refractivity contribution is -0.137. The first kappa shape index (κ1) is 12.8. The van der Waals surface area contributed by atoms with Crippen LogP contribution >= 0.6 is 0 Å². The molecule has 0 saturated carbocycles. The van der Waals surface area contributed by atoms with E-state index in [9.17, 15) is 4.79 Å². The molecule has 0 aromatic heterocycles. The Hall–Kier alpha value is -2.23. The van der Waals surface area contributed by atoms with Crippen molar-refractivity contribution in [1.29, 1.82) is 0 Å². The number of carbonyl (C=O) groups excluding carboxylic acids is 1. The summed E-state index contributed by atoms with van der Waals surface area (Å²) in [4.78, 5) is 11.5. The Labute approximate surface area is 102 Å². The minimum absolute atomic E-state index is 0.00461. The van der Waals surface area contributed by atoms with E-state index in [0.717, 1.165) is 5.56 Å². The van der Waals surface area contributed by atoms with Crippen molar-refractivity contribution in [2.75, 3.05) is 6.61 Å². The standard InChI is InChI=1S/C15H14O2/c1-3-12-17-15(16)14(4-2)11-10-13-8-6-5-7-9-13/h1,5-10H,4,12H2,2H3. The molecule has 0 aliphatic carbocycles. The van der Waals surface area contributed by atoms with Crippen LogP contribution in [0, 0.1) is 12.3 Å². The average Bonchev–Trinajstić information content (AvgIpc) is 2.38. The fourth-order valence-electron chi connectivity index (χ4n) is 1.22. The molecule has 0 spiro atoms. The van der Waals surface area contributed by atoms with Gasteiger partial charge in [0.1, 0.15) is 0 Å². The molecule has 0 amide bonds. The second-order valence-corrected chi connectivity index (χ2v) is 3.31. The Kier molecular flexibility index (Phi) is 5.37. The van der Waals surface area contributed by atoms with Crippen molar-refractivity contribution < 1.29 is 9.53 Å². The van der Waals surface area contributed by atoms with Gasteiger partial charge in [0.2, 0.25) is 0 Å². The molecule has 0 aliphatic rings. The maximum Gasteiger partial charge on any atom is 0.342 e. The lowest BCUT2D eigenvalue weighted by Crippen LogP contribution is -2.06. The van der Waals surface area contributed by atoms with Gasteiger partial charge in [0.25, 0.3) is 0 Å². The Morgan fingerprint density at radius 3 is 2.71 bits per heavy atom. The van der Waals surface area contributed by atoms with Gasteiger partial charge in [0.05, 0.1) is 5.57 Å². The molecule has 0 aliphatic heterocycles. The van der Waals surface area contributed by atoms with Crippen LogP contribution < -0.4 is 0 Å². The molecule has 0 fully saturated rings. The molecule has 1 aromatic carbocycles. The molecule has 2 heteroatoms. The van der Waals surface area contributed by atoms with Crippen molar-refractivity contribution in [3.8, 4) is 12.3 Å². The van der Waals surface area contributed by atoms with Crippen LogP contribution in [0.4, 0.5) is 0 Å². The van der Waals surface area contributed by atoms with Gasteiger partial charge in [-0.05, 0) is 18.1 Å². The first-order chi connectivity index (χ1) is 8.27. The number of hydrogen-bond acceptors (Lipinski definition) is 2. The number of ether oxygens (including phenoxy) is 1. The van der Waals surface area contributed by atoms with Gasteiger partial charge >= 0.3 is 5.97 Å². The number of esters is 1. The summed E-state index contributed by atoms with van der Waals surface area (Å²) in [6.07, 6.45) is 7.34. The smallest absolute Gasteiger partial charge is 0.342 e. The van der Waals surface area contributed by atoms with Gasteiger partial charge in [-0.3, -0.25) is 0 Å². The zero-order chi connectivity index (χ0) is 12.5. The van der Waals surface area contributed by atoms with Crippen LogP contribution in [-0.4, -0.2) is 12.6 Å². The third-order valence-corrected chi connectivity index (χ3v) is 2.10. The highest BCUT2D eigenvalue weighted by Crippen LogP contribution is 2.05. The molecule has 0 bridgehead atoms. The van der Waals surface area contributed by atoms with E-state index in [4.69, 9.17) is 11.2 Å². The van der Waals surface area contributed by atoms with E-state index in [-0.39, 0.29) is 6.61 Å². The summed E-state index contributed by atoms with van der Waals surface area (Å²) in [6.45, 7) is 1.87. The Morgan fingerprint density at radius 1 is 1.41 bits per heavy atom. The van der Waals surface area contributed by atoms with E-state index in [1.54, 1.807) is 6.08 Å². The third-order valence-electron chi connectivity index (χ3n) is 2.10. The zero-order valence-electron chi connectivity index (χ0n) is 9.77. The number of benzene rings is 1. The van der Waals surface area contributed by atoms with Gasteiger partial charge in [-0.15, -0.1) is 12.2 Å². The number of rotatable bonds is 4. The van der Waals surface area contributed by atoms with E-state index in [2.05, 4.69) is 11.7 Å². The normalized spacial score (nSPS) is 8.71. The van der Waals surface area contributed by atoms with E-state index in [0.29, 0.717) is 12.0 Å². The maximum atomic E-state index is 11.5. The topological polar surface area (TPSA) is 26.3 Å². The summed E-state index contributed by atoms with van der Waals surface area (Å²) in [5.41, 5.74) is 4.42. The fourth-order valence-corrected chi connectivity index (χ4v) is 1.22. The Bertz CT molecular complexity index is 471. The van der Waals surface area contributed by atoms with Crippen molar-refractivity contribution in [2.45, 2.75) is 13.3 Å². The molecule has 1 aromatic rings. The van der Waals surface area contributed by atoms with Crippen LogP contribution in [0.2, 0.25) is 0 Å². The van der Waals surface area contributed by atoms with Crippen molar-refractivity contribution in [3.05, 3.63) is 47.2 Å². The second kappa shape index (κ2) is 7.11. The summed E-state index contributed by atoms with van der Waals surface area (Å²) in [5.74, 6) is 1.85. The molecule has 0 N–H and O–H groups in total. The predicted octanol–water partition coefficient (Wildman–Crippen LogP) is 2.81.